The Morgan fingerprint density at radius 2 is 1.97 bits per heavy atom. The Morgan fingerprint density at radius 1 is 1.21 bits per heavy atom. The van der Waals surface area contributed by atoms with Gasteiger partial charge in [0.1, 0.15) is 17.6 Å². The van der Waals surface area contributed by atoms with Gasteiger partial charge in [-0.3, -0.25) is 9.69 Å². The van der Waals surface area contributed by atoms with Crippen molar-refractivity contribution in [2.75, 3.05) is 20.1 Å². The molecule has 8 heteroatoms. The molecule has 0 bridgehead atoms. The molecule has 1 amide bonds. The summed E-state index contributed by atoms with van der Waals surface area (Å²) in [6, 6.07) is 8.30. The summed E-state index contributed by atoms with van der Waals surface area (Å²) >= 11 is 0. The van der Waals surface area contributed by atoms with Gasteiger partial charge in [-0.15, -0.1) is 0 Å². The lowest BCUT2D eigenvalue weighted by Crippen LogP contribution is -2.43. The highest BCUT2D eigenvalue weighted by molar-refractivity contribution is 5.77. The van der Waals surface area contributed by atoms with Crippen molar-refractivity contribution in [2.24, 2.45) is 11.8 Å². The summed E-state index contributed by atoms with van der Waals surface area (Å²) in [5.41, 5.74) is 2.81. The molecule has 1 saturated carbocycles. The summed E-state index contributed by atoms with van der Waals surface area (Å²) < 4.78 is 0. The van der Waals surface area contributed by atoms with Gasteiger partial charge in [0.25, 0.3) is 0 Å². The number of nitrogens with one attached hydrogen (secondary N) is 1. The fraction of sp³-hybridized carbons (Fsp3) is 0.524. The fourth-order valence-corrected chi connectivity index (χ4v) is 5.00. The molecule has 1 aromatic carbocycles. The molecule has 1 N–H and O–H groups in total. The van der Waals surface area contributed by atoms with Crippen LogP contribution in [-0.4, -0.2) is 66.8 Å². The quantitative estimate of drug-likeness (QED) is 0.716. The lowest BCUT2D eigenvalue weighted by molar-refractivity contribution is -0.134. The fourth-order valence-electron chi connectivity index (χ4n) is 5.00. The Morgan fingerprint density at radius 3 is 2.69 bits per heavy atom. The average molecular weight is 393 g/mol. The Kier molecular flexibility index (Phi) is 4.79. The van der Waals surface area contributed by atoms with E-state index in [-0.39, 0.29) is 12.5 Å². The van der Waals surface area contributed by atoms with Crippen molar-refractivity contribution in [3.63, 3.8) is 0 Å². The van der Waals surface area contributed by atoms with E-state index in [1.807, 2.05) is 35.4 Å². The minimum absolute atomic E-state index is 0.123. The number of aromatic nitrogens is 5. The van der Waals surface area contributed by atoms with Gasteiger partial charge in [-0.1, -0.05) is 12.1 Å². The number of fused-ring (bicyclic) bond motifs is 2. The summed E-state index contributed by atoms with van der Waals surface area (Å²) in [5, 5.41) is 8.86. The number of nitrogens with zero attached hydrogens (tertiary/aromatic N) is 6. The normalized spacial score (nSPS) is 24.3. The molecule has 29 heavy (non-hydrogen) atoms. The third-order valence-corrected chi connectivity index (χ3v) is 6.60. The standard InChI is InChI=1S/C21H27N7O/c1-26(12-17-10-22-14-23-17)18-8-15-6-7-27(11-16(15)9-18)21(29)13-28-24-19-4-2-3-5-20(19)25-28/h2-5,10,14-16,18H,6-9,11-13H2,1H3,(H,22,23)/t15-,16-,18+/m1/s1. The largest absolute Gasteiger partial charge is 0.347 e. The predicted molar refractivity (Wildman–Crippen MR) is 109 cm³/mol. The topological polar surface area (TPSA) is 82.9 Å². The van der Waals surface area contributed by atoms with E-state index in [0.29, 0.717) is 12.0 Å². The van der Waals surface area contributed by atoms with Gasteiger partial charge >= 0.3 is 0 Å². The van der Waals surface area contributed by atoms with Gasteiger partial charge < -0.3 is 9.88 Å². The molecule has 8 nitrogen and oxygen atoms in total. The first-order valence-electron chi connectivity index (χ1n) is 10.4. The highest BCUT2D eigenvalue weighted by Gasteiger charge is 2.40. The second-order valence-corrected chi connectivity index (χ2v) is 8.48. The maximum atomic E-state index is 12.9. The van der Waals surface area contributed by atoms with Crippen molar-refractivity contribution in [1.29, 1.82) is 0 Å². The van der Waals surface area contributed by atoms with Crippen molar-refractivity contribution in [1.82, 2.24) is 34.8 Å². The maximum Gasteiger partial charge on any atom is 0.246 e. The maximum absolute atomic E-state index is 12.9. The third kappa shape index (κ3) is 3.76. The van der Waals surface area contributed by atoms with Gasteiger partial charge in [0.2, 0.25) is 5.91 Å². The van der Waals surface area contributed by atoms with Gasteiger partial charge in [0.15, 0.2) is 0 Å². The Bertz CT molecular complexity index is 949. The van der Waals surface area contributed by atoms with Crippen LogP contribution in [0.3, 0.4) is 0 Å². The molecule has 0 unspecified atom stereocenters. The van der Waals surface area contributed by atoms with E-state index in [1.165, 1.54) is 11.2 Å². The molecule has 3 heterocycles. The van der Waals surface area contributed by atoms with Crippen LogP contribution >= 0.6 is 0 Å². The smallest absolute Gasteiger partial charge is 0.246 e. The number of hydrogen-bond acceptors (Lipinski definition) is 5. The second-order valence-electron chi connectivity index (χ2n) is 8.48. The van der Waals surface area contributed by atoms with Gasteiger partial charge in [-0.25, -0.2) is 4.98 Å². The lowest BCUT2D eigenvalue weighted by Gasteiger charge is -2.34. The third-order valence-electron chi connectivity index (χ3n) is 6.60. The van der Waals surface area contributed by atoms with E-state index in [1.54, 1.807) is 6.33 Å². The molecular formula is C21H27N7O. The first-order chi connectivity index (χ1) is 14.2. The number of carbonyl (C=O) groups excluding carboxylic acids is 1. The van der Waals surface area contributed by atoms with Crippen LogP contribution in [0.4, 0.5) is 0 Å². The molecule has 1 aliphatic carbocycles. The van der Waals surface area contributed by atoms with Crippen molar-refractivity contribution >= 4 is 16.9 Å². The summed E-state index contributed by atoms with van der Waals surface area (Å²) in [7, 11) is 2.19. The van der Waals surface area contributed by atoms with E-state index in [4.69, 9.17) is 0 Å². The van der Waals surface area contributed by atoms with Gasteiger partial charge in [0.05, 0.1) is 6.33 Å². The molecule has 1 aliphatic heterocycles. The van der Waals surface area contributed by atoms with Crippen molar-refractivity contribution in [3.8, 4) is 0 Å². The minimum Gasteiger partial charge on any atom is -0.347 e. The number of likely N-dealkylation sites (tertiary alicyclic amines) is 1. The summed E-state index contributed by atoms with van der Waals surface area (Å²) in [6.07, 6.45) is 7.11. The zero-order valence-corrected chi connectivity index (χ0v) is 16.7. The van der Waals surface area contributed by atoms with Crippen LogP contribution in [0, 0.1) is 11.8 Å². The number of imidazole rings is 1. The number of H-pyrrole nitrogens is 1. The Labute approximate surface area is 169 Å². The van der Waals surface area contributed by atoms with E-state index >= 15 is 0 Å². The number of hydrogen-bond donors (Lipinski definition) is 1. The Balaban J connectivity index is 1.18. The SMILES string of the molecule is CN(Cc1cnc[nH]1)[C@H]1C[C@H]2CCN(C(=O)Cn3nc4ccccc4n3)C[C@H]2C1. The second kappa shape index (κ2) is 7.59. The molecule has 3 aromatic rings. The zero-order valence-electron chi connectivity index (χ0n) is 16.7. The van der Waals surface area contributed by atoms with Crippen LogP contribution in [0.15, 0.2) is 36.8 Å². The average Bonchev–Trinajstić information content (AvgIpc) is 3.45. The van der Waals surface area contributed by atoms with E-state index in [9.17, 15) is 4.79 Å². The van der Waals surface area contributed by atoms with Gasteiger partial charge in [-0.05, 0) is 50.3 Å². The van der Waals surface area contributed by atoms with Crippen LogP contribution < -0.4 is 0 Å². The number of piperidine rings is 1. The molecule has 0 spiro atoms. The summed E-state index contributed by atoms with van der Waals surface area (Å²) in [4.78, 5) is 26.2. The van der Waals surface area contributed by atoms with Crippen LogP contribution in [0.25, 0.3) is 11.0 Å². The van der Waals surface area contributed by atoms with Crippen LogP contribution in [0.1, 0.15) is 25.0 Å². The first-order valence-corrected chi connectivity index (χ1v) is 10.4. The molecule has 2 aromatic heterocycles. The van der Waals surface area contributed by atoms with Crippen LogP contribution in [0.2, 0.25) is 0 Å². The molecule has 152 valence electrons. The Hall–Kier alpha value is -2.74. The number of benzene rings is 1. The first kappa shape index (κ1) is 18.3. The predicted octanol–water partition coefficient (Wildman–Crippen LogP) is 1.91. The van der Waals surface area contributed by atoms with Crippen molar-refractivity contribution in [3.05, 3.63) is 42.5 Å². The van der Waals surface area contributed by atoms with E-state index < -0.39 is 0 Å². The monoisotopic (exact) mass is 393 g/mol. The summed E-state index contributed by atoms with van der Waals surface area (Å²) in [6.45, 7) is 2.82. The lowest BCUT2D eigenvalue weighted by atomic mass is 9.89. The molecule has 2 aliphatic rings. The zero-order chi connectivity index (χ0) is 19.8. The molecule has 1 saturated heterocycles. The highest BCUT2D eigenvalue weighted by Crippen LogP contribution is 2.40. The van der Waals surface area contributed by atoms with E-state index in [0.717, 1.165) is 55.1 Å². The number of rotatable bonds is 5. The van der Waals surface area contributed by atoms with Crippen LogP contribution in [0.5, 0.6) is 0 Å². The molecule has 3 atom stereocenters. The number of carbonyl (C=O) groups is 1. The molecular weight excluding hydrogens is 366 g/mol. The highest BCUT2D eigenvalue weighted by atomic mass is 16.2. The number of amides is 1. The van der Waals surface area contributed by atoms with Crippen molar-refractivity contribution < 1.29 is 4.79 Å². The van der Waals surface area contributed by atoms with Gasteiger partial charge in [0, 0.05) is 37.6 Å². The molecule has 2 fully saturated rings. The van der Waals surface area contributed by atoms with Gasteiger partial charge in [-0.2, -0.15) is 15.0 Å². The minimum atomic E-state index is 0.123. The van der Waals surface area contributed by atoms with E-state index in [2.05, 4.69) is 32.1 Å². The molecule has 5 rings (SSSR count). The molecule has 0 radical (unpaired) electrons. The van der Waals surface area contributed by atoms with Crippen LogP contribution in [-0.2, 0) is 17.9 Å². The summed E-state index contributed by atoms with van der Waals surface area (Å²) in [5.74, 6) is 1.43. The number of aromatic amines is 1. The van der Waals surface area contributed by atoms with Crippen molar-refractivity contribution in [2.45, 2.75) is 38.4 Å².